The Morgan fingerprint density at radius 2 is 1.86 bits per heavy atom. The first-order chi connectivity index (χ1) is 13.2. The number of aromatic nitrogens is 2. The number of carbonyl (C=O) groups excluding carboxylic acids is 2. The molecule has 1 atom stereocenters. The van der Waals surface area contributed by atoms with Crippen molar-refractivity contribution in [2.75, 3.05) is 0 Å². The van der Waals surface area contributed by atoms with Gasteiger partial charge in [0.05, 0.1) is 12.1 Å². The lowest BCUT2D eigenvalue weighted by atomic mass is 9.86. The molecule has 0 fully saturated rings. The summed E-state index contributed by atoms with van der Waals surface area (Å²) in [4.78, 5) is 24.8. The Labute approximate surface area is 165 Å². The molecular formula is C21H23BN4O2. The van der Waals surface area contributed by atoms with E-state index < -0.39 is 23.3 Å². The van der Waals surface area contributed by atoms with Gasteiger partial charge in [0.1, 0.15) is 13.9 Å². The maximum absolute atomic E-state index is 13.0. The monoisotopic (exact) mass is 374 g/mol. The van der Waals surface area contributed by atoms with Crippen molar-refractivity contribution in [1.29, 1.82) is 0 Å². The van der Waals surface area contributed by atoms with Crippen molar-refractivity contribution < 1.29 is 9.59 Å². The summed E-state index contributed by atoms with van der Waals surface area (Å²) in [5, 5.41) is 7.88. The van der Waals surface area contributed by atoms with E-state index in [1.165, 1.54) is 0 Å². The van der Waals surface area contributed by atoms with Gasteiger partial charge in [-0.15, -0.1) is 0 Å². The van der Waals surface area contributed by atoms with Crippen molar-refractivity contribution in [2.45, 2.75) is 33.4 Å². The highest BCUT2D eigenvalue weighted by molar-refractivity contribution is 6.33. The Kier molecular flexibility index (Phi) is 5.27. The second-order valence-corrected chi connectivity index (χ2v) is 7.94. The van der Waals surface area contributed by atoms with Gasteiger partial charge < -0.3 is 11.1 Å². The van der Waals surface area contributed by atoms with E-state index in [2.05, 4.69) is 10.4 Å². The second kappa shape index (κ2) is 7.50. The maximum atomic E-state index is 13.0. The van der Waals surface area contributed by atoms with Crippen molar-refractivity contribution in [3.05, 3.63) is 59.8 Å². The van der Waals surface area contributed by atoms with Crippen LogP contribution in [0.1, 0.15) is 36.8 Å². The van der Waals surface area contributed by atoms with Crippen LogP contribution >= 0.6 is 0 Å². The van der Waals surface area contributed by atoms with Gasteiger partial charge in [-0.05, 0) is 17.0 Å². The average molecular weight is 374 g/mol. The molecule has 3 rings (SSSR count). The molecule has 3 aromatic rings. The number of nitrogens with one attached hydrogen (secondary N) is 1. The zero-order valence-corrected chi connectivity index (χ0v) is 16.3. The van der Waals surface area contributed by atoms with Gasteiger partial charge in [-0.25, -0.2) is 0 Å². The molecule has 0 saturated carbocycles. The number of benzene rings is 2. The van der Waals surface area contributed by atoms with Crippen LogP contribution in [-0.4, -0.2) is 35.5 Å². The minimum absolute atomic E-state index is 0.216. The lowest BCUT2D eigenvalue weighted by Crippen LogP contribution is -2.52. The molecule has 28 heavy (non-hydrogen) atoms. The third-order valence-electron chi connectivity index (χ3n) is 4.59. The molecule has 1 heterocycles. The van der Waals surface area contributed by atoms with E-state index in [0.29, 0.717) is 17.4 Å². The SMILES string of the molecule is [B]c1ccc2c(c1)c(C(=O)N[C@H](C(N)=O)C(C)(C)C)nn2Cc1ccccc1. The molecule has 0 aliphatic rings. The van der Waals surface area contributed by atoms with Gasteiger partial charge in [0.15, 0.2) is 5.69 Å². The molecule has 6 nitrogen and oxygen atoms in total. The fourth-order valence-corrected chi connectivity index (χ4v) is 3.16. The Balaban J connectivity index is 2.02. The van der Waals surface area contributed by atoms with Crippen LogP contribution in [0.4, 0.5) is 0 Å². The summed E-state index contributed by atoms with van der Waals surface area (Å²) in [6.07, 6.45) is 0. The fourth-order valence-electron chi connectivity index (χ4n) is 3.16. The zero-order valence-electron chi connectivity index (χ0n) is 16.3. The lowest BCUT2D eigenvalue weighted by Gasteiger charge is -2.28. The van der Waals surface area contributed by atoms with E-state index >= 15 is 0 Å². The molecule has 0 bridgehead atoms. The van der Waals surface area contributed by atoms with Gasteiger partial charge in [0.2, 0.25) is 5.91 Å². The molecule has 0 aliphatic carbocycles. The van der Waals surface area contributed by atoms with Crippen LogP contribution in [0.5, 0.6) is 0 Å². The highest BCUT2D eigenvalue weighted by atomic mass is 16.2. The molecule has 0 unspecified atom stereocenters. The predicted molar refractivity (Wildman–Crippen MR) is 111 cm³/mol. The van der Waals surface area contributed by atoms with Crippen LogP contribution < -0.4 is 16.5 Å². The van der Waals surface area contributed by atoms with E-state index in [4.69, 9.17) is 13.6 Å². The molecule has 2 aromatic carbocycles. The minimum atomic E-state index is -0.824. The van der Waals surface area contributed by atoms with Crippen LogP contribution in [0.15, 0.2) is 48.5 Å². The van der Waals surface area contributed by atoms with Crippen molar-refractivity contribution in [2.24, 2.45) is 11.1 Å². The normalized spacial score (nSPS) is 12.7. The second-order valence-electron chi connectivity index (χ2n) is 7.94. The van der Waals surface area contributed by atoms with Gasteiger partial charge in [-0.1, -0.05) is 68.7 Å². The van der Waals surface area contributed by atoms with Crippen LogP contribution in [0.3, 0.4) is 0 Å². The lowest BCUT2D eigenvalue weighted by molar-refractivity contribution is -0.122. The highest BCUT2D eigenvalue weighted by Gasteiger charge is 2.32. The standard InChI is InChI=1S/C21H23BN4O2/c1-21(2,3)18(19(23)27)24-20(28)17-15-11-14(22)9-10-16(15)26(25-17)12-13-7-5-4-6-8-13/h4-11,18H,12H2,1-3H3,(H2,23,27)(H,24,28)/t18-/m1/s1. The number of fused-ring (bicyclic) bond motifs is 1. The number of hydrogen-bond acceptors (Lipinski definition) is 3. The van der Waals surface area contributed by atoms with Crippen molar-refractivity contribution in [3.8, 4) is 0 Å². The number of primary amides is 1. The number of rotatable bonds is 5. The van der Waals surface area contributed by atoms with Crippen molar-refractivity contribution in [3.63, 3.8) is 0 Å². The minimum Gasteiger partial charge on any atom is -0.368 e. The van der Waals surface area contributed by atoms with Gasteiger partial charge in [-0.3, -0.25) is 14.3 Å². The van der Waals surface area contributed by atoms with E-state index in [1.54, 1.807) is 16.8 Å². The number of nitrogens with zero attached hydrogens (tertiary/aromatic N) is 2. The summed E-state index contributed by atoms with van der Waals surface area (Å²) in [7, 11) is 5.93. The Morgan fingerprint density at radius 3 is 2.46 bits per heavy atom. The number of hydrogen-bond donors (Lipinski definition) is 2. The molecule has 142 valence electrons. The average Bonchev–Trinajstić information content (AvgIpc) is 2.96. The fraction of sp³-hybridized carbons (Fsp3) is 0.286. The van der Waals surface area contributed by atoms with Crippen LogP contribution in [-0.2, 0) is 11.3 Å². The molecule has 7 heteroatoms. The molecule has 2 radical (unpaired) electrons. The van der Waals surface area contributed by atoms with Gasteiger partial charge >= 0.3 is 0 Å². The van der Waals surface area contributed by atoms with Gasteiger partial charge in [-0.2, -0.15) is 5.10 Å². The molecule has 0 spiro atoms. The maximum Gasteiger partial charge on any atom is 0.273 e. The Bertz CT molecular complexity index is 1020. The number of amides is 2. The zero-order chi connectivity index (χ0) is 20.5. The van der Waals surface area contributed by atoms with Crippen LogP contribution in [0.25, 0.3) is 10.9 Å². The van der Waals surface area contributed by atoms with Gasteiger partial charge in [0, 0.05) is 5.39 Å². The molecule has 1 aromatic heterocycles. The van der Waals surface area contributed by atoms with Crippen molar-refractivity contribution in [1.82, 2.24) is 15.1 Å². The Hall–Kier alpha value is -3.09. The molecule has 0 aliphatic heterocycles. The summed E-state index contributed by atoms with van der Waals surface area (Å²) >= 11 is 0. The molecular weight excluding hydrogens is 351 g/mol. The predicted octanol–water partition coefficient (Wildman–Crippen LogP) is 1.51. The first kappa shape index (κ1) is 19.7. The summed E-state index contributed by atoms with van der Waals surface area (Å²) in [5.41, 5.74) is 7.56. The topological polar surface area (TPSA) is 90.0 Å². The van der Waals surface area contributed by atoms with E-state index in [1.807, 2.05) is 57.2 Å². The smallest absolute Gasteiger partial charge is 0.273 e. The molecule has 2 amide bonds. The van der Waals surface area contributed by atoms with Gasteiger partial charge in [0.25, 0.3) is 5.91 Å². The van der Waals surface area contributed by atoms with E-state index in [-0.39, 0.29) is 5.69 Å². The first-order valence-electron chi connectivity index (χ1n) is 9.07. The largest absolute Gasteiger partial charge is 0.368 e. The summed E-state index contributed by atoms with van der Waals surface area (Å²) in [5.74, 6) is -1.05. The molecule has 3 N–H and O–H groups in total. The highest BCUT2D eigenvalue weighted by Crippen LogP contribution is 2.22. The van der Waals surface area contributed by atoms with Crippen LogP contribution in [0.2, 0.25) is 0 Å². The van der Waals surface area contributed by atoms with Crippen LogP contribution in [0, 0.1) is 5.41 Å². The summed E-state index contributed by atoms with van der Waals surface area (Å²) in [6.45, 7) is 6.03. The third kappa shape index (κ3) is 4.08. The summed E-state index contributed by atoms with van der Waals surface area (Å²) in [6, 6.07) is 14.3. The number of carbonyl (C=O) groups is 2. The van der Waals surface area contributed by atoms with E-state index in [9.17, 15) is 9.59 Å². The summed E-state index contributed by atoms with van der Waals surface area (Å²) < 4.78 is 1.76. The third-order valence-corrected chi connectivity index (χ3v) is 4.59. The Morgan fingerprint density at radius 1 is 1.18 bits per heavy atom. The molecule has 0 saturated heterocycles. The van der Waals surface area contributed by atoms with Crippen molar-refractivity contribution >= 4 is 36.0 Å². The number of nitrogens with two attached hydrogens (primary N) is 1. The first-order valence-corrected chi connectivity index (χ1v) is 9.07. The quantitative estimate of drug-likeness (QED) is 0.664. The van der Waals surface area contributed by atoms with E-state index in [0.717, 1.165) is 11.1 Å².